The Hall–Kier alpha value is -1.65. The van der Waals surface area contributed by atoms with Gasteiger partial charge in [-0.3, -0.25) is 4.79 Å². The minimum Gasteiger partial charge on any atom is -0.360 e. The topological polar surface area (TPSA) is 49.3 Å². The normalized spacial score (nSPS) is 10.2. The molecule has 0 saturated carbocycles. The number of anilines is 2. The lowest BCUT2D eigenvalue weighted by molar-refractivity contribution is -0.115. The first-order valence-electron chi connectivity index (χ1n) is 6.28. The fraction of sp³-hybridized carbons (Fsp3) is 0.615. The summed E-state index contributed by atoms with van der Waals surface area (Å²) in [7, 11) is 3.88. The van der Waals surface area contributed by atoms with Crippen molar-refractivity contribution >= 4 is 17.4 Å². The van der Waals surface area contributed by atoms with Crippen molar-refractivity contribution in [2.75, 3.05) is 37.0 Å². The Labute approximate surface area is 109 Å². The molecule has 0 amide bonds. The molecule has 0 N–H and O–H groups in total. The minimum absolute atomic E-state index is 0.122. The first kappa shape index (κ1) is 14.4. The predicted molar refractivity (Wildman–Crippen MR) is 74.2 cm³/mol. The lowest BCUT2D eigenvalue weighted by Crippen LogP contribution is -2.26. The average Bonchev–Trinajstić information content (AvgIpc) is 2.35. The van der Waals surface area contributed by atoms with Crippen LogP contribution in [0.1, 0.15) is 26.7 Å². The Morgan fingerprint density at radius 3 is 2.39 bits per heavy atom. The molecule has 0 aliphatic carbocycles. The second-order valence-corrected chi connectivity index (χ2v) is 4.57. The molecule has 0 unspecified atom stereocenters. The van der Waals surface area contributed by atoms with Gasteiger partial charge in [0.15, 0.2) is 0 Å². The van der Waals surface area contributed by atoms with Crippen LogP contribution in [0.2, 0.25) is 0 Å². The standard InChI is InChI=1S/C13H22N4O/c1-5-6-7-16(3)12-8-13(15-10-14-12)17(4)9-11(2)18/h8,10H,5-7,9H2,1-4H3. The number of rotatable bonds is 7. The molecule has 0 atom stereocenters. The lowest BCUT2D eigenvalue weighted by Gasteiger charge is -2.21. The molecule has 18 heavy (non-hydrogen) atoms. The smallest absolute Gasteiger partial charge is 0.149 e. The number of hydrogen-bond acceptors (Lipinski definition) is 5. The zero-order chi connectivity index (χ0) is 13.5. The fourth-order valence-corrected chi connectivity index (χ4v) is 1.68. The van der Waals surface area contributed by atoms with Gasteiger partial charge in [-0.05, 0) is 13.3 Å². The van der Waals surface area contributed by atoms with E-state index in [2.05, 4.69) is 21.8 Å². The first-order chi connectivity index (χ1) is 8.54. The van der Waals surface area contributed by atoms with Crippen LogP contribution in [0.3, 0.4) is 0 Å². The van der Waals surface area contributed by atoms with Crippen LogP contribution in [-0.4, -0.2) is 42.9 Å². The highest BCUT2D eigenvalue weighted by Gasteiger charge is 2.08. The summed E-state index contributed by atoms with van der Waals surface area (Å²) in [6, 6.07) is 1.92. The summed E-state index contributed by atoms with van der Waals surface area (Å²) in [4.78, 5) is 23.5. The molecule has 1 rings (SSSR count). The van der Waals surface area contributed by atoms with E-state index in [1.165, 1.54) is 0 Å². The van der Waals surface area contributed by atoms with Crippen LogP contribution in [0.25, 0.3) is 0 Å². The van der Waals surface area contributed by atoms with Crippen LogP contribution >= 0.6 is 0 Å². The number of carbonyl (C=O) groups excluding carboxylic acids is 1. The van der Waals surface area contributed by atoms with E-state index >= 15 is 0 Å². The van der Waals surface area contributed by atoms with Crippen LogP contribution in [-0.2, 0) is 4.79 Å². The second-order valence-electron chi connectivity index (χ2n) is 4.57. The molecule has 1 heterocycles. The molecule has 0 aliphatic heterocycles. The molecule has 0 aromatic carbocycles. The van der Waals surface area contributed by atoms with E-state index < -0.39 is 0 Å². The van der Waals surface area contributed by atoms with Crippen molar-refractivity contribution < 1.29 is 4.79 Å². The van der Waals surface area contributed by atoms with Gasteiger partial charge in [-0.2, -0.15) is 0 Å². The fourth-order valence-electron chi connectivity index (χ4n) is 1.68. The number of nitrogens with zero attached hydrogens (tertiary/aromatic N) is 4. The van der Waals surface area contributed by atoms with Crippen molar-refractivity contribution in [3.8, 4) is 0 Å². The first-order valence-corrected chi connectivity index (χ1v) is 6.28. The Bertz CT molecular complexity index is 394. The van der Waals surface area contributed by atoms with Crippen LogP contribution in [0, 0.1) is 0 Å². The molecular formula is C13H22N4O. The van der Waals surface area contributed by atoms with Gasteiger partial charge >= 0.3 is 0 Å². The molecule has 5 heteroatoms. The van der Waals surface area contributed by atoms with Crippen LogP contribution in [0.4, 0.5) is 11.6 Å². The van der Waals surface area contributed by atoms with Crippen molar-refractivity contribution in [2.45, 2.75) is 26.7 Å². The van der Waals surface area contributed by atoms with E-state index in [-0.39, 0.29) is 5.78 Å². The molecule has 0 saturated heterocycles. The van der Waals surface area contributed by atoms with E-state index in [0.717, 1.165) is 31.0 Å². The van der Waals surface area contributed by atoms with E-state index in [1.54, 1.807) is 13.3 Å². The third-order valence-corrected chi connectivity index (χ3v) is 2.73. The molecule has 100 valence electrons. The summed E-state index contributed by atoms with van der Waals surface area (Å²) in [6.45, 7) is 5.09. The summed E-state index contributed by atoms with van der Waals surface area (Å²) in [6.07, 6.45) is 3.84. The molecule has 0 aliphatic rings. The highest BCUT2D eigenvalue weighted by Crippen LogP contribution is 2.15. The van der Waals surface area contributed by atoms with Crippen molar-refractivity contribution in [3.05, 3.63) is 12.4 Å². The molecule has 0 radical (unpaired) electrons. The highest BCUT2D eigenvalue weighted by atomic mass is 16.1. The molecule has 0 spiro atoms. The zero-order valence-corrected chi connectivity index (χ0v) is 11.7. The molecule has 1 aromatic heterocycles. The van der Waals surface area contributed by atoms with Gasteiger partial charge in [-0.25, -0.2) is 9.97 Å². The Morgan fingerprint density at radius 1 is 1.22 bits per heavy atom. The number of carbonyl (C=O) groups is 1. The van der Waals surface area contributed by atoms with E-state index in [1.807, 2.05) is 25.1 Å². The van der Waals surface area contributed by atoms with Crippen molar-refractivity contribution in [3.63, 3.8) is 0 Å². The van der Waals surface area contributed by atoms with E-state index in [9.17, 15) is 4.79 Å². The predicted octanol–water partition coefficient (Wildman–Crippen LogP) is 1.74. The minimum atomic E-state index is 0.122. The highest BCUT2D eigenvalue weighted by molar-refractivity contribution is 5.80. The number of ketones is 1. The van der Waals surface area contributed by atoms with Gasteiger partial charge < -0.3 is 9.80 Å². The SMILES string of the molecule is CCCCN(C)c1cc(N(C)CC(C)=O)ncn1. The largest absolute Gasteiger partial charge is 0.360 e. The summed E-state index contributed by atoms with van der Waals surface area (Å²) in [5, 5.41) is 0. The Morgan fingerprint density at radius 2 is 1.83 bits per heavy atom. The Balaban J connectivity index is 2.75. The van der Waals surface area contributed by atoms with Crippen LogP contribution < -0.4 is 9.80 Å². The van der Waals surface area contributed by atoms with Gasteiger partial charge in [0.25, 0.3) is 0 Å². The summed E-state index contributed by atoms with van der Waals surface area (Å²) in [5.41, 5.74) is 0. The molecule has 0 bridgehead atoms. The maximum atomic E-state index is 11.1. The maximum absolute atomic E-state index is 11.1. The quantitative estimate of drug-likeness (QED) is 0.737. The van der Waals surface area contributed by atoms with E-state index in [4.69, 9.17) is 0 Å². The van der Waals surface area contributed by atoms with Crippen LogP contribution in [0.15, 0.2) is 12.4 Å². The lowest BCUT2D eigenvalue weighted by atomic mass is 10.3. The molecule has 1 aromatic rings. The number of unbranched alkanes of at least 4 members (excludes halogenated alkanes) is 1. The number of likely N-dealkylation sites (N-methyl/N-ethyl adjacent to an activating group) is 1. The van der Waals surface area contributed by atoms with Gasteiger partial charge in [-0.15, -0.1) is 0 Å². The number of hydrogen-bond donors (Lipinski definition) is 0. The second kappa shape index (κ2) is 6.93. The van der Waals surface area contributed by atoms with Crippen molar-refractivity contribution in [1.82, 2.24) is 9.97 Å². The zero-order valence-electron chi connectivity index (χ0n) is 11.7. The third-order valence-electron chi connectivity index (χ3n) is 2.73. The van der Waals surface area contributed by atoms with Crippen LogP contribution in [0.5, 0.6) is 0 Å². The average molecular weight is 250 g/mol. The molecule has 5 nitrogen and oxygen atoms in total. The molecular weight excluding hydrogens is 228 g/mol. The molecule has 0 fully saturated rings. The van der Waals surface area contributed by atoms with Crippen molar-refractivity contribution in [1.29, 1.82) is 0 Å². The number of Topliss-reactive ketones (excluding diaryl/α,β-unsaturated/α-hetero) is 1. The summed E-state index contributed by atoms with van der Waals surface area (Å²) >= 11 is 0. The Kier molecular flexibility index (Phi) is 5.55. The van der Waals surface area contributed by atoms with Gasteiger partial charge in [0, 0.05) is 26.7 Å². The van der Waals surface area contributed by atoms with Gasteiger partial charge in [0.05, 0.1) is 6.54 Å². The summed E-state index contributed by atoms with van der Waals surface area (Å²) < 4.78 is 0. The van der Waals surface area contributed by atoms with Gasteiger partial charge in [-0.1, -0.05) is 13.3 Å². The maximum Gasteiger partial charge on any atom is 0.149 e. The van der Waals surface area contributed by atoms with Gasteiger partial charge in [0.2, 0.25) is 0 Å². The van der Waals surface area contributed by atoms with Gasteiger partial charge in [0.1, 0.15) is 23.7 Å². The van der Waals surface area contributed by atoms with Crippen molar-refractivity contribution in [2.24, 2.45) is 0 Å². The van der Waals surface area contributed by atoms with E-state index in [0.29, 0.717) is 6.54 Å². The number of aromatic nitrogens is 2. The summed E-state index contributed by atoms with van der Waals surface area (Å²) in [5.74, 6) is 1.79. The monoisotopic (exact) mass is 250 g/mol. The third kappa shape index (κ3) is 4.31.